The fourth-order valence-corrected chi connectivity index (χ4v) is 3.69. The number of fused-ring (bicyclic) bond motifs is 2. The molecule has 2 aromatic carbocycles. The first-order valence-corrected chi connectivity index (χ1v) is 8.79. The average molecular weight is 373 g/mol. The SMILES string of the molecule is Cc1nsc2nc3c(F)c(F)c(N[C@@H](C)c4ccccc4)c(F)c3cc12. The first-order valence-electron chi connectivity index (χ1n) is 8.02. The Labute approximate surface area is 151 Å². The van der Waals surface area contributed by atoms with Gasteiger partial charge in [-0.05, 0) is 37.0 Å². The van der Waals surface area contributed by atoms with Crippen molar-refractivity contribution in [3.63, 3.8) is 0 Å². The summed E-state index contributed by atoms with van der Waals surface area (Å²) in [6, 6.07) is 10.2. The van der Waals surface area contributed by atoms with Crippen molar-refractivity contribution in [1.29, 1.82) is 0 Å². The lowest BCUT2D eigenvalue weighted by Gasteiger charge is -2.18. The molecule has 0 amide bonds. The van der Waals surface area contributed by atoms with E-state index in [1.165, 1.54) is 6.07 Å². The zero-order valence-corrected chi connectivity index (χ0v) is 14.8. The van der Waals surface area contributed by atoms with Crippen molar-refractivity contribution >= 4 is 38.3 Å². The van der Waals surface area contributed by atoms with Gasteiger partial charge in [-0.25, -0.2) is 18.2 Å². The Balaban J connectivity index is 1.89. The first-order chi connectivity index (χ1) is 12.5. The summed E-state index contributed by atoms with van der Waals surface area (Å²) in [6.45, 7) is 3.52. The molecule has 4 aromatic rings. The molecule has 0 bridgehead atoms. The Morgan fingerprint density at radius 1 is 1.00 bits per heavy atom. The van der Waals surface area contributed by atoms with Gasteiger partial charge in [0.2, 0.25) is 0 Å². The van der Waals surface area contributed by atoms with Crippen LogP contribution in [0.5, 0.6) is 0 Å². The molecule has 0 saturated heterocycles. The number of halogens is 3. The lowest BCUT2D eigenvalue weighted by atomic mass is 10.1. The maximum absolute atomic E-state index is 15.0. The molecule has 7 heteroatoms. The molecule has 26 heavy (non-hydrogen) atoms. The van der Waals surface area contributed by atoms with E-state index in [0.717, 1.165) is 17.1 Å². The summed E-state index contributed by atoms with van der Waals surface area (Å²) in [5.41, 5.74) is 0.691. The lowest BCUT2D eigenvalue weighted by molar-refractivity contribution is 0.506. The number of benzene rings is 2. The minimum absolute atomic E-state index is 0.0672. The van der Waals surface area contributed by atoms with Crippen LogP contribution in [-0.4, -0.2) is 9.36 Å². The number of nitrogens with one attached hydrogen (secondary N) is 1. The molecule has 3 nitrogen and oxygen atoms in total. The number of hydrogen-bond acceptors (Lipinski definition) is 4. The van der Waals surface area contributed by atoms with E-state index in [-0.39, 0.29) is 10.9 Å². The Morgan fingerprint density at radius 3 is 2.46 bits per heavy atom. The summed E-state index contributed by atoms with van der Waals surface area (Å²) in [5.74, 6) is -3.30. The minimum atomic E-state index is -1.27. The van der Waals surface area contributed by atoms with E-state index in [0.29, 0.717) is 15.9 Å². The third kappa shape index (κ3) is 2.59. The number of hydrogen-bond donors (Lipinski definition) is 1. The maximum Gasteiger partial charge on any atom is 0.187 e. The Morgan fingerprint density at radius 2 is 1.73 bits per heavy atom. The van der Waals surface area contributed by atoms with Crippen molar-refractivity contribution in [2.75, 3.05) is 5.32 Å². The molecule has 0 aliphatic heterocycles. The molecular weight excluding hydrogens is 359 g/mol. The van der Waals surface area contributed by atoms with E-state index in [9.17, 15) is 8.78 Å². The lowest BCUT2D eigenvalue weighted by Crippen LogP contribution is -2.11. The van der Waals surface area contributed by atoms with Crippen molar-refractivity contribution in [2.24, 2.45) is 0 Å². The molecule has 0 fully saturated rings. The average Bonchev–Trinajstić information content (AvgIpc) is 3.03. The molecule has 0 aliphatic rings. The third-order valence-corrected chi connectivity index (χ3v) is 5.23. The molecule has 2 heterocycles. The van der Waals surface area contributed by atoms with Crippen LogP contribution in [0.3, 0.4) is 0 Å². The molecular formula is C19H14F3N3S. The first kappa shape index (κ1) is 16.8. The van der Waals surface area contributed by atoms with Gasteiger partial charge in [0, 0.05) is 16.8 Å². The minimum Gasteiger partial charge on any atom is -0.374 e. The van der Waals surface area contributed by atoms with Crippen LogP contribution < -0.4 is 5.32 Å². The quantitative estimate of drug-likeness (QED) is 0.465. The van der Waals surface area contributed by atoms with E-state index >= 15 is 4.39 Å². The summed E-state index contributed by atoms with van der Waals surface area (Å²) >= 11 is 1.07. The standard InChI is InChI=1S/C19H14F3N3S/c1-9(11-6-4-3-5-7-11)23-18-14(20)13-8-12-10(2)25-26-19(12)24-17(13)15(21)16(18)22/h3-9,23H,1-2H3/t9-/m0/s1. The van der Waals surface area contributed by atoms with E-state index in [2.05, 4.69) is 14.7 Å². The number of pyridine rings is 1. The highest BCUT2D eigenvalue weighted by atomic mass is 32.1. The molecule has 0 spiro atoms. The number of anilines is 1. The highest BCUT2D eigenvalue weighted by Gasteiger charge is 2.24. The zero-order valence-electron chi connectivity index (χ0n) is 14.0. The second kappa shape index (κ2) is 6.25. The van der Waals surface area contributed by atoms with Crippen molar-refractivity contribution in [1.82, 2.24) is 9.36 Å². The summed E-state index contributed by atoms with van der Waals surface area (Å²) in [7, 11) is 0. The predicted molar refractivity (Wildman–Crippen MR) is 98.0 cm³/mol. The van der Waals surface area contributed by atoms with Gasteiger partial charge in [-0.1, -0.05) is 30.3 Å². The summed E-state index contributed by atoms with van der Waals surface area (Å²) in [4.78, 5) is 4.52. The van der Waals surface area contributed by atoms with Gasteiger partial charge in [-0.3, -0.25) is 0 Å². The zero-order chi connectivity index (χ0) is 18.4. The predicted octanol–water partition coefficient (Wildman–Crippen LogP) is 5.74. The largest absolute Gasteiger partial charge is 0.374 e. The fourth-order valence-electron chi connectivity index (χ4n) is 2.93. The van der Waals surface area contributed by atoms with Gasteiger partial charge >= 0.3 is 0 Å². The molecule has 0 aliphatic carbocycles. The van der Waals surface area contributed by atoms with Crippen LogP contribution in [0.4, 0.5) is 18.9 Å². The van der Waals surface area contributed by atoms with Gasteiger partial charge < -0.3 is 5.32 Å². The van der Waals surface area contributed by atoms with E-state index in [1.54, 1.807) is 13.8 Å². The number of aryl methyl sites for hydroxylation is 1. The summed E-state index contributed by atoms with van der Waals surface area (Å²) in [5, 5.41) is 3.32. The van der Waals surface area contributed by atoms with Crippen LogP contribution in [-0.2, 0) is 0 Å². The van der Waals surface area contributed by atoms with Gasteiger partial charge in [-0.15, -0.1) is 0 Å². The van der Waals surface area contributed by atoms with Crippen molar-refractivity contribution < 1.29 is 13.2 Å². The number of nitrogens with zero attached hydrogens (tertiary/aromatic N) is 2. The normalized spacial score (nSPS) is 12.7. The smallest absolute Gasteiger partial charge is 0.187 e. The van der Waals surface area contributed by atoms with Gasteiger partial charge in [0.05, 0.1) is 5.69 Å². The van der Waals surface area contributed by atoms with Crippen LogP contribution in [0.25, 0.3) is 21.1 Å². The van der Waals surface area contributed by atoms with Crippen LogP contribution in [0.1, 0.15) is 24.2 Å². The van der Waals surface area contributed by atoms with Crippen molar-refractivity contribution in [2.45, 2.75) is 19.9 Å². The monoisotopic (exact) mass is 373 g/mol. The fraction of sp³-hybridized carbons (Fsp3) is 0.158. The topological polar surface area (TPSA) is 37.8 Å². The Kier molecular flexibility index (Phi) is 4.03. The Bertz CT molecular complexity index is 1130. The van der Waals surface area contributed by atoms with Gasteiger partial charge in [0.25, 0.3) is 0 Å². The van der Waals surface area contributed by atoms with E-state index < -0.39 is 29.2 Å². The van der Waals surface area contributed by atoms with Crippen molar-refractivity contribution in [3.05, 3.63) is 65.1 Å². The van der Waals surface area contributed by atoms with Gasteiger partial charge in [0.15, 0.2) is 17.5 Å². The van der Waals surface area contributed by atoms with Crippen molar-refractivity contribution in [3.8, 4) is 0 Å². The molecule has 1 N–H and O–H groups in total. The molecule has 4 rings (SSSR count). The number of rotatable bonds is 3. The van der Waals surface area contributed by atoms with E-state index in [1.807, 2.05) is 30.3 Å². The second-order valence-electron chi connectivity index (χ2n) is 6.10. The Hall–Kier alpha value is -2.67. The molecule has 0 saturated carbocycles. The highest BCUT2D eigenvalue weighted by Crippen LogP contribution is 2.35. The summed E-state index contributed by atoms with van der Waals surface area (Å²) < 4.78 is 48.3. The van der Waals surface area contributed by atoms with Crippen LogP contribution in [0.2, 0.25) is 0 Å². The van der Waals surface area contributed by atoms with Crippen LogP contribution in [0, 0.1) is 24.4 Å². The summed E-state index contributed by atoms with van der Waals surface area (Å²) in [6.07, 6.45) is 0. The van der Waals surface area contributed by atoms with Crippen LogP contribution >= 0.6 is 11.5 Å². The van der Waals surface area contributed by atoms with E-state index in [4.69, 9.17) is 0 Å². The van der Waals surface area contributed by atoms with Gasteiger partial charge in [-0.2, -0.15) is 4.37 Å². The maximum atomic E-state index is 15.0. The second-order valence-corrected chi connectivity index (χ2v) is 6.85. The molecule has 1 atom stereocenters. The number of aromatic nitrogens is 2. The molecule has 0 radical (unpaired) electrons. The molecule has 2 aromatic heterocycles. The van der Waals surface area contributed by atoms with Crippen LogP contribution in [0.15, 0.2) is 36.4 Å². The molecule has 0 unspecified atom stereocenters. The third-order valence-electron chi connectivity index (χ3n) is 4.38. The molecule has 132 valence electrons. The highest BCUT2D eigenvalue weighted by molar-refractivity contribution is 7.13. The van der Waals surface area contributed by atoms with Gasteiger partial charge in [0.1, 0.15) is 16.0 Å².